The number of amides is 1. The second-order valence-electron chi connectivity index (χ2n) is 2.55. The van der Waals surface area contributed by atoms with E-state index in [1.54, 1.807) is 13.1 Å². The van der Waals surface area contributed by atoms with Crippen LogP contribution in [0.15, 0.2) is 48.7 Å². The van der Waals surface area contributed by atoms with Gasteiger partial charge in [0.2, 0.25) is 0 Å². The minimum Gasteiger partial charge on any atom is -0.311 e. The number of carbonyl (C=O) groups excluding carboxylic acids is 1. The molecule has 62 valence electrons. The topological polar surface area (TPSA) is 20.3 Å². The van der Waals surface area contributed by atoms with E-state index in [2.05, 4.69) is 19.7 Å². The molecule has 0 aromatic rings. The number of hydrogen-bond donors (Lipinski definition) is 0. The molecule has 2 heteroatoms. The van der Waals surface area contributed by atoms with Gasteiger partial charge in [0, 0.05) is 23.9 Å². The maximum atomic E-state index is 11.4. The molecule has 0 aliphatic carbocycles. The average molecular weight is 161 g/mol. The van der Waals surface area contributed by atoms with Crippen molar-refractivity contribution in [3.8, 4) is 0 Å². The minimum absolute atomic E-state index is 0.0649. The Kier molecular flexibility index (Phi) is 2.00. The van der Waals surface area contributed by atoms with Crippen LogP contribution in [-0.2, 0) is 4.79 Å². The summed E-state index contributed by atoms with van der Waals surface area (Å²) in [5, 5.41) is 0. The van der Waals surface area contributed by atoms with E-state index in [0.717, 1.165) is 5.57 Å². The summed E-state index contributed by atoms with van der Waals surface area (Å²) in [7, 11) is 1.69. The third kappa shape index (κ3) is 0.925. The van der Waals surface area contributed by atoms with Crippen LogP contribution in [0.1, 0.15) is 0 Å². The van der Waals surface area contributed by atoms with Crippen LogP contribution in [0, 0.1) is 0 Å². The molecule has 0 saturated heterocycles. The number of carbonyl (C=O) groups is 1. The quantitative estimate of drug-likeness (QED) is 0.603. The van der Waals surface area contributed by atoms with Gasteiger partial charge in [-0.2, -0.15) is 0 Å². The van der Waals surface area contributed by atoms with E-state index in [4.69, 9.17) is 0 Å². The molecular weight excluding hydrogens is 150 g/mol. The molecule has 0 fully saturated rings. The third-order valence-corrected chi connectivity index (χ3v) is 1.95. The van der Waals surface area contributed by atoms with Crippen LogP contribution in [0.2, 0.25) is 0 Å². The van der Waals surface area contributed by atoms with Gasteiger partial charge < -0.3 is 4.90 Å². The first kappa shape index (κ1) is 8.53. The first-order valence-electron chi connectivity index (χ1n) is 3.60. The van der Waals surface area contributed by atoms with Crippen LogP contribution in [0.25, 0.3) is 0 Å². The van der Waals surface area contributed by atoms with Crippen molar-refractivity contribution in [3.63, 3.8) is 0 Å². The van der Waals surface area contributed by atoms with E-state index in [1.807, 2.05) is 0 Å². The van der Waals surface area contributed by atoms with Gasteiger partial charge in [-0.3, -0.25) is 4.79 Å². The molecule has 0 unspecified atom stereocenters. The van der Waals surface area contributed by atoms with E-state index in [0.29, 0.717) is 11.3 Å². The second-order valence-corrected chi connectivity index (χ2v) is 2.55. The van der Waals surface area contributed by atoms with E-state index in [-0.39, 0.29) is 5.91 Å². The molecule has 0 bridgehead atoms. The van der Waals surface area contributed by atoms with E-state index in [9.17, 15) is 4.79 Å². The number of allylic oxidation sites excluding steroid dienone is 1. The Balaban J connectivity index is 3.27. The predicted octanol–water partition coefficient (Wildman–Crippen LogP) is 1.64. The molecule has 1 heterocycles. The zero-order valence-electron chi connectivity index (χ0n) is 7.13. The van der Waals surface area contributed by atoms with E-state index < -0.39 is 0 Å². The zero-order chi connectivity index (χ0) is 9.30. The highest BCUT2D eigenvalue weighted by Gasteiger charge is 2.27. The van der Waals surface area contributed by atoms with Crippen molar-refractivity contribution in [2.45, 2.75) is 0 Å². The van der Waals surface area contributed by atoms with Crippen LogP contribution >= 0.6 is 0 Å². The van der Waals surface area contributed by atoms with Gasteiger partial charge in [0.25, 0.3) is 5.91 Å². The van der Waals surface area contributed by atoms with Gasteiger partial charge in [-0.25, -0.2) is 0 Å². The Hall–Kier alpha value is -1.57. The fourth-order valence-corrected chi connectivity index (χ4v) is 1.18. The summed E-state index contributed by atoms with van der Waals surface area (Å²) >= 11 is 0. The summed E-state index contributed by atoms with van der Waals surface area (Å²) in [5.41, 5.74) is 2.04. The summed E-state index contributed by atoms with van der Waals surface area (Å²) in [5.74, 6) is -0.0649. The fourth-order valence-electron chi connectivity index (χ4n) is 1.18. The molecule has 12 heavy (non-hydrogen) atoms. The summed E-state index contributed by atoms with van der Waals surface area (Å²) in [6.07, 6.45) is 3.16. The van der Waals surface area contributed by atoms with Crippen molar-refractivity contribution in [3.05, 3.63) is 48.7 Å². The van der Waals surface area contributed by atoms with Crippen molar-refractivity contribution < 1.29 is 4.79 Å². The maximum Gasteiger partial charge on any atom is 0.258 e. The highest BCUT2D eigenvalue weighted by molar-refractivity contribution is 6.03. The largest absolute Gasteiger partial charge is 0.311 e. The van der Waals surface area contributed by atoms with Crippen LogP contribution in [-0.4, -0.2) is 17.9 Å². The molecule has 0 N–H and O–H groups in total. The molecule has 0 radical (unpaired) electrons. The SMILES string of the molecule is C=CC1=C(C=C)C(=O)N(C)C1=C. The van der Waals surface area contributed by atoms with Gasteiger partial charge in [0.1, 0.15) is 0 Å². The van der Waals surface area contributed by atoms with Gasteiger partial charge in [0.05, 0.1) is 0 Å². The van der Waals surface area contributed by atoms with Gasteiger partial charge >= 0.3 is 0 Å². The van der Waals surface area contributed by atoms with Crippen molar-refractivity contribution in [1.29, 1.82) is 0 Å². The molecule has 1 amide bonds. The fraction of sp³-hybridized carbons (Fsp3) is 0.100. The molecule has 0 aromatic carbocycles. The van der Waals surface area contributed by atoms with Gasteiger partial charge in [-0.05, 0) is 0 Å². The Morgan fingerprint density at radius 3 is 2.08 bits per heavy atom. The lowest BCUT2D eigenvalue weighted by molar-refractivity contribution is -0.122. The molecule has 0 saturated carbocycles. The average Bonchev–Trinajstić information content (AvgIpc) is 2.29. The minimum atomic E-state index is -0.0649. The number of likely N-dealkylation sites (N-methyl/N-ethyl adjacent to an activating group) is 1. The van der Waals surface area contributed by atoms with Crippen LogP contribution < -0.4 is 0 Å². The van der Waals surface area contributed by atoms with Gasteiger partial charge in [-0.1, -0.05) is 31.9 Å². The first-order valence-corrected chi connectivity index (χ1v) is 3.60. The summed E-state index contributed by atoms with van der Waals surface area (Å²) in [4.78, 5) is 12.9. The van der Waals surface area contributed by atoms with E-state index in [1.165, 1.54) is 11.0 Å². The lowest BCUT2D eigenvalue weighted by Gasteiger charge is -2.09. The normalized spacial score (nSPS) is 17.2. The maximum absolute atomic E-state index is 11.4. The monoisotopic (exact) mass is 161 g/mol. The zero-order valence-corrected chi connectivity index (χ0v) is 7.13. The molecule has 1 aliphatic rings. The number of hydrogen-bond acceptors (Lipinski definition) is 1. The highest BCUT2D eigenvalue weighted by Crippen LogP contribution is 2.27. The molecule has 0 spiro atoms. The van der Waals surface area contributed by atoms with Crippen molar-refractivity contribution in [2.24, 2.45) is 0 Å². The van der Waals surface area contributed by atoms with E-state index >= 15 is 0 Å². The lowest BCUT2D eigenvalue weighted by atomic mass is 10.1. The van der Waals surface area contributed by atoms with Crippen LogP contribution in [0.3, 0.4) is 0 Å². The van der Waals surface area contributed by atoms with Gasteiger partial charge in [-0.15, -0.1) is 0 Å². The Labute approximate surface area is 72.2 Å². The summed E-state index contributed by atoms with van der Waals surface area (Å²) in [6.45, 7) is 10.9. The molecular formula is C10H11NO. The predicted molar refractivity (Wildman–Crippen MR) is 49.3 cm³/mol. The van der Waals surface area contributed by atoms with Gasteiger partial charge in [0.15, 0.2) is 0 Å². The lowest BCUT2D eigenvalue weighted by Crippen LogP contribution is -2.19. The third-order valence-electron chi connectivity index (χ3n) is 1.95. The molecule has 0 atom stereocenters. The van der Waals surface area contributed by atoms with Crippen molar-refractivity contribution in [2.75, 3.05) is 7.05 Å². The number of nitrogens with zero attached hydrogens (tertiary/aromatic N) is 1. The first-order chi connectivity index (χ1) is 5.63. The van der Waals surface area contributed by atoms with Crippen LogP contribution in [0.4, 0.5) is 0 Å². The standard InChI is InChI=1S/C10H11NO/c1-5-8-7(3)11(4)10(12)9(8)6-2/h5-6H,1-3H2,4H3. The smallest absolute Gasteiger partial charge is 0.258 e. The van der Waals surface area contributed by atoms with Crippen molar-refractivity contribution in [1.82, 2.24) is 4.90 Å². The molecule has 1 rings (SSSR count). The van der Waals surface area contributed by atoms with Crippen LogP contribution in [0.5, 0.6) is 0 Å². The molecule has 1 aliphatic heterocycles. The second kappa shape index (κ2) is 2.81. The number of rotatable bonds is 2. The summed E-state index contributed by atoms with van der Waals surface area (Å²) in [6, 6.07) is 0. The Morgan fingerprint density at radius 2 is 1.75 bits per heavy atom. The highest BCUT2D eigenvalue weighted by atomic mass is 16.2. The molecule has 2 nitrogen and oxygen atoms in total. The summed E-state index contributed by atoms with van der Waals surface area (Å²) < 4.78 is 0. The Bertz CT molecular complexity index is 280. The molecule has 0 aromatic heterocycles. The Morgan fingerprint density at radius 1 is 1.25 bits per heavy atom. The van der Waals surface area contributed by atoms with Crippen molar-refractivity contribution >= 4 is 5.91 Å².